The van der Waals surface area contributed by atoms with Crippen molar-refractivity contribution in [3.8, 4) is 0 Å². The van der Waals surface area contributed by atoms with Gasteiger partial charge in [-0.25, -0.2) is 9.69 Å². The van der Waals surface area contributed by atoms with Crippen LogP contribution in [0.4, 0.5) is 4.79 Å². The number of rotatable bonds is 12. The molecule has 0 bridgehead atoms. The monoisotopic (exact) mass is 386 g/mol. The van der Waals surface area contributed by atoms with Gasteiger partial charge in [0, 0.05) is 10.8 Å². The maximum atomic E-state index is 13.1. The molecule has 0 spiro atoms. The summed E-state index contributed by atoms with van der Waals surface area (Å²) in [6.07, 6.45) is 7.81. The Morgan fingerprint density at radius 1 is 1.21 bits per heavy atom. The van der Waals surface area contributed by atoms with Crippen LogP contribution in [0.15, 0.2) is 35.4 Å². The van der Waals surface area contributed by atoms with E-state index in [1.807, 2.05) is 30.3 Å². The molecule has 0 saturated carbocycles. The average molecular weight is 386 g/mol. The Morgan fingerprint density at radius 2 is 1.89 bits per heavy atom. The lowest BCUT2D eigenvalue weighted by Crippen LogP contribution is -2.42. The average Bonchev–Trinajstić information content (AvgIpc) is 3.07. The van der Waals surface area contributed by atoms with Crippen molar-refractivity contribution >= 4 is 12.0 Å². The Hall–Kier alpha value is -2.53. The van der Waals surface area contributed by atoms with Crippen LogP contribution in [0.2, 0.25) is 0 Å². The normalized spacial score (nSPS) is 17.1. The van der Waals surface area contributed by atoms with E-state index in [0.29, 0.717) is 12.8 Å². The molecule has 1 aliphatic rings. The zero-order valence-corrected chi connectivity index (χ0v) is 16.6. The van der Waals surface area contributed by atoms with Crippen LogP contribution in [-0.4, -0.2) is 29.7 Å². The van der Waals surface area contributed by atoms with E-state index in [1.165, 1.54) is 32.1 Å². The number of unbranched alkanes of at least 4 members (excludes halogenated alkanes) is 6. The lowest BCUT2D eigenvalue weighted by Gasteiger charge is -2.23. The number of imide groups is 1. The molecule has 1 aromatic carbocycles. The zero-order chi connectivity index (χ0) is 20.2. The molecule has 1 unspecified atom stereocenters. The third kappa shape index (κ3) is 6.57. The molecule has 152 valence electrons. The van der Waals surface area contributed by atoms with Gasteiger partial charge >= 0.3 is 6.09 Å². The van der Waals surface area contributed by atoms with E-state index < -0.39 is 12.3 Å². The molecule has 2 atom stereocenters. The zero-order valence-electron chi connectivity index (χ0n) is 16.6. The molecule has 1 aliphatic heterocycles. The first-order valence-corrected chi connectivity index (χ1v) is 10.2. The fraction of sp³-hybridized carbons (Fsp3) is 0.619. The fourth-order valence-corrected chi connectivity index (χ4v) is 3.55. The Balaban J connectivity index is 1.99. The van der Waals surface area contributed by atoms with Gasteiger partial charge in [-0.05, 0) is 23.9 Å². The second-order valence-corrected chi connectivity index (χ2v) is 7.27. The van der Waals surface area contributed by atoms with Crippen LogP contribution in [0.5, 0.6) is 0 Å². The summed E-state index contributed by atoms with van der Waals surface area (Å²) in [4.78, 5) is 28.9. The summed E-state index contributed by atoms with van der Waals surface area (Å²) in [6.45, 7) is 2.12. The Bertz CT molecular complexity index is 673. The van der Waals surface area contributed by atoms with E-state index in [9.17, 15) is 9.59 Å². The van der Waals surface area contributed by atoms with Crippen molar-refractivity contribution < 1.29 is 14.3 Å². The van der Waals surface area contributed by atoms with Gasteiger partial charge in [-0.1, -0.05) is 87.3 Å². The van der Waals surface area contributed by atoms with Crippen LogP contribution in [0.3, 0.4) is 0 Å². The summed E-state index contributed by atoms with van der Waals surface area (Å²) in [7, 11) is 0. The van der Waals surface area contributed by atoms with Gasteiger partial charge in [-0.3, -0.25) is 4.79 Å². The minimum absolute atomic E-state index is 0.0792. The van der Waals surface area contributed by atoms with Gasteiger partial charge in [-0.15, -0.1) is 0 Å². The van der Waals surface area contributed by atoms with Crippen LogP contribution in [-0.2, 0) is 16.0 Å². The summed E-state index contributed by atoms with van der Waals surface area (Å²) in [5.74, 6) is -0.644. The van der Waals surface area contributed by atoms with Crippen molar-refractivity contribution in [1.82, 2.24) is 4.90 Å². The van der Waals surface area contributed by atoms with Gasteiger partial charge < -0.3 is 4.74 Å². The van der Waals surface area contributed by atoms with E-state index in [1.54, 1.807) is 0 Å². The second kappa shape index (κ2) is 12.0. The number of carbonyl (C=O) groups excluding carboxylic acids is 2. The molecule has 28 heavy (non-hydrogen) atoms. The molecular weight excluding hydrogens is 356 g/mol. The number of amides is 2. The molecule has 2 amide bonds. The van der Waals surface area contributed by atoms with Crippen molar-refractivity contribution in [1.29, 1.82) is 0 Å². The standard InChI is InChI=1S/C21H30N4O3/c1-2-3-4-5-6-7-11-14-18(15-17-12-9-8-10-13-17)20(26)25-19(23-24-22)16-28-21(25)27/h8-10,12-13,18-19H,2-7,11,14-16H2,1H3/t18-,19?/m0/s1. The topological polar surface area (TPSA) is 95.4 Å². The summed E-state index contributed by atoms with van der Waals surface area (Å²) in [5, 5.41) is 3.54. The molecule has 2 rings (SSSR count). The van der Waals surface area contributed by atoms with Crippen molar-refractivity contribution in [3.05, 3.63) is 46.3 Å². The Morgan fingerprint density at radius 3 is 2.57 bits per heavy atom. The molecular formula is C21H30N4O3. The third-order valence-corrected chi connectivity index (χ3v) is 5.10. The van der Waals surface area contributed by atoms with Gasteiger partial charge in [0.05, 0.1) is 0 Å². The quantitative estimate of drug-likeness (QED) is 0.202. The highest BCUT2D eigenvalue weighted by Crippen LogP contribution is 2.24. The van der Waals surface area contributed by atoms with Crippen molar-refractivity contribution in [3.63, 3.8) is 0 Å². The maximum absolute atomic E-state index is 13.1. The number of hydrogen-bond acceptors (Lipinski definition) is 4. The maximum Gasteiger partial charge on any atom is 0.417 e. The number of azide groups is 1. The Labute approximate surface area is 166 Å². The summed E-state index contributed by atoms with van der Waals surface area (Å²) >= 11 is 0. The molecule has 0 aromatic heterocycles. The van der Waals surface area contributed by atoms with Gasteiger partial charge in [0.15, 0.2) is 6.17 Å². The first kappa shape index (κ1) is 21.8. The van der Waals surface area contributed by atoms with Crippen LogP contribution >= 0.6 is 0 Å². The van der Waals surface area contributed by atoms with Gasteiger partial charge in [0.25, 0.3) is 0 Å². The molecule has 0 aliphatic carbocycles. The minimum atomic E-state index is -0.891. The number of nitrogens with zero attached hydrogens (tertiary/aromatic N) is 4. The molecule has 1 saturated heterocycles. The first-order valence-electron chi connectivity index (χ1n) is 10.2. The van der Waals surface area contributed by atoms with Crippen molar-refractivity contribution in [2.75, 3.05) is 6.61 Å². The second-order valence-electron chi connectivity index (χ2n) is 7.27. The van der Waals surface area contributed by atoms with Crippen LogP contribution < -0.4 is 0 Å². The number of ether oxygens (including phenoxy) is 1. The lowest BCUT2D eigenvalue weighted by molar-refractivity contribution is -0.133. The largest absolute Gasteiger partial charge is 0.447 e. The third-order valence-electron chi connectivity index (χ3n) is 5.10. The molecule has 1 aromatic rings. The summed E-state index contributed by atoms with van der Waals surface area (Å²) in [5.41, 5.74) is 9.75. The lowest BCUT2D eigenvalue weighted by atomic mass is 9.92. The molecule has 1 fully saturated rings. The predicted octanol–water partition coefficient (Wildman–Crippen LogP) is 5.60. The van der Waals surface area contributed by atoms with E-state index in [2.05, 4.69) is 16.9 Å². The van der Waals surface area contributed by atoms with Crippen molar-refractivity contribution in [2.45, 2.75) is 70.9 Å². The van der Waals surface area contributed by atoms with Crippen LogP contribution in [0, 0.1) is 5.92 Å². The number of cyclic esters (lactones) is 1. The molecule has 1 heterocycles. The van der Waals surface area contributed by atoms with Gasteiger partial charge in [0.2, 0.25) is 5.91 Å². The first-order chi connectivity index (χ1) is 13.7. The molecule has 7 nitrogen and oxygen atoms in total. The van der Waals surface area contributed by atoms with E-state index in [-0.39, 0.29) is 18.4 Å². The summed E-state index contributed by atoms with van der Waals surface area (Å²) < 4.78 is 4.93. The number of hydrogen-bond donors (Lipinski definition) is 0. The van der Waals surface area contributed by atoms with E-state index in [4.69, 9.17) is 10.3 Å². The highest BCUT2D eigenvalue weighted by Gasteiger charge is 2.40. The fourth-order valence-electron chi connectivity index (χ4n) is 3.55. The van der Waals surface area contributed by atoms with Gasteiger partial charge in [-0.2, -0.15) is 0 Å². The number of carbonyl (C=O) groups is 2. The van der Waals surface area contributed by atoms with Crippen LogP contribution in [0.1, 0.15) is 63.9 Å². The minimum Gasteiger partial charge on any atom is -0.447 e. The molecule has 7 heteroatoms. The Kier molecular flexibility index (Phi) is 9.35. The predicted molar refractivity (Wildman–Crippen MR) is 107 cm³/mol. The molecule has 0 radical (unpaired) electrons. The van der Waals surface area contributed by atoms with E-state index >= 15 is 0 Å². The van der Waals surface area contributed by atoms with Gasteiger partial charge in [0.1, 0.15) is 6.61 Å². The summed E-state index contributed by atoms with van der Waals surface area (Å²) in [6, 6.07) is 9.79. The molecule has 0 N–H and O–H groups in total. The van der Waals surface area contributed by atoms with Crippen LogP contribution in [0.25, 0.3) is 10.4 Å². The smallest absolute Gasteiger partial charge is 0.417 e. The highest BCUT2D eigenvalue weighted by molar-refractivity contribution is 5.94. The van der Waals surface area contributed by atoms with E-state index in [0.717, 1.165) is 23.3 Å². The highest BCUT2D eigenvalue weighted by atomic mass is 16.6. The number of benzene rings is 1. The SMILES string of the molecule is CCCCCCCCC[C@@H](Cc1ccccc1)C(=O)N1C(=O)OCC1N=[N+]=[N-]. The van der Waals surface area contributed by atoms with Crippen molar-refractivity contribution in [2.24, 2.45) is 11.0 Å².